The Morgan fingerprint density at radius 2 is 1.95 bits per heavy atom. The molecule has 0 fully saturated rings. The van der Waals surface area contributed by atoms with Gasteiger partial charge in [0.1, 0.15) is 5.75 Å². The number of hydrogen-bond acceptors (Lipinski definition) is 4. The summed E-state index contributed by atoms with van der Waals surface area (Å²) < 4.78 is 10.4. The SMILES string of the molecule is COc1ccc(Cl)cc1NC(=O)c1cccc(N)c1OC. The van der Waals surface area contributed by atoms with E-state index in [0.717, 1.165) is 0 Å². The number of carbonyl (C=O) groups excluding carboxylic acids is 1. The first-order chi connectivity index (χ1) is 10.1. The van der Waals surface area contributed by atoms with Gasteiger partial charge in [-0.3, -0.25) is 4.79 Å². The van der Waals surface area contributed by atoms with E-state index in [1.54, 1.807) is 36.4 Å². The smallest absolute Gasteiger partial charge is 0.259 e. The molecule has 0 aliphatic carbocycles. The zero-order chi connectivity index (χ0) is 15.4. The number of nitrogen functional groups attached to an aromatic ring is 1. The van der Waals surface area contributed by atoms with E-state index < -0.39 is 0 Å². The van der Waals surface area contributed by atoms with Crippen LogP contribution in [0, 0.1) is 0 Å². The summed E-state index contributed by atoms with van der Waals surface area (Å²) in [6.45, 7) is 0. The third-order valence-electron chi connectivity index (χ3n) is 2.90. The van der Waals surface area contributed by atoms with Gasteiger partial charge in [0.05, 0.1) is 31.2 Å². The van der Waals surface area contributed by atoms with Crippen LogP contribution in [0.15, 0.2) is 36.4 Å². The molecule has 6 heteroatoms. The van der Waals surface area contributed by atoms with Crippen LogP contribution in [0.5, 0.6) is 11.5 Å². The number of ether oxygens (including phenoxy) is 2. The molecule has 0 aliphatic rings. The van der Waals surface area contributed by atoms with Crippen molar-refractivity contribution in [2.75, 3.05) is 25.3 Å². The average Bonchev–Trinajstić information content (AvgIpc) is 2.47. The standard InChI is InChI=1S/C15H15ClN2O3/c1-20-13-7-6-9(16)8-12(13)18-15(19)10-4-3-5-11(17)14(10)21-2/h3-8H,17H2,1-2H3,(H,18,19). The lowest BCUT2D eigenvalue weighted by atomic mass is 10.1. The minimum atomic E-state index is -0.361. The van der Waals surface area contributed by atoms with E-state index >= 15 is 0 Å². The predicted molar refractivity (Wildman–Crippen MR) is 83.4 cm³/mol. The maximum absolute atomic E-state index is 12.4. The molecular formula is C15H15ClN2O3. The number of hydrogen-bond donors (Lipinski definition) is 2. The van der Waals surface area contributed by atoms with Crippen LogP contribution in [-0.2, 0) is 0 Å². The highest BCUT2D eigenvalue weighted by atomic mass is 35.5. The molecule has 0 unspecified atom stereocenters. The fourth-order valence-corrected chi connectivity index (χ4v) is 2.10. The van der Waals surface area contributed by atoms with Crippen molar-refractivity contribution in [1.82, 2.24) is 0 Å². The average molecular weight is 307 g/mol. The third kappa shape index (κ3) is 3.20. The quantitative estimate of drug-likeness (QED) is 0.851. The van der Waals surface area contributed by atoms with Crippen LogP contribution in [0.2, 0.25) is 5.02 Å². The van der Waals surface area contributed by atoms with Gasteiger partial charge in [0.2, 0.25) is 0 Å². The van der Waals surface area contributed by atoms with Crippen molar-refractivity contribution in [1.29, 1.82) is 0 Å². The Balaban J connectivity index is 2.35. The van der Waals surface area contributed by atoms with E-state index in [2.05, 4.69) is 5.32 Å². The molecule has 0 radical (unpaired) electrons. The molecule has 0 heterocycles. The molecular weight excluding hydrogens is 292 g/mol. The molecule has 0 bridgehead atoms. The summed E-state index contributed by atoms with van der Waals surface area (Å²) in [4.78, 5) is 12.4. The summed E-state index contributed by atoms with van der Waals surface area (Å²) in [5.74, 6) is 0.478. The van der Waals surface area contributed by atoms with Crippen molar-refractivity contribution >= 4 is 28.9 Å². The van der Waals surface area contributed by atoms with Crippen molar-refractivity contribution in [2.24, 2.45) is 0 Å². The van der Waals surface area contributed by atoms with Crippen molar-refractivity contribution in [3.05, 3.63) is 47.0 Å². The fraction of sp³-hybridized carbons (Fsp3) is 0.133. The number of benzene rings is 2. The van der Waals surface area contributed by atoms with Gasteiger partial charge in [-0.1, -0.05) is 17.7 Å². The van der Waals surface area contributed by atoms with Crippen molar-refractivity contribution < 1.29 is 14.3 Å². The van der Waals surface area contributed by atoms with Crippen LogP contribution in [0.25, 0.3) is 0 Å². The first-order valence-corrected chi connectivity index (χ1v) is 6.52. The Kier molecular flexibility index (Phi) is 4.55. The molecule has 1 amide bonds. The summed E-state index contributed by atoms with van der Waals surface area (Å²) in [5, 5.41) is 3.23. The monoisotopic (exact) mass is 306 g/mol. The van der Waals surface area contributed by atoms with Crippen LogP contribution in [0.3, 0.4) is 0 Å². The zero-order valence-corrected chi connectivity index (χ0v) is 12.4. The maximum atomic E-state index is 12.4. The Bertz CT molecular complexity index is 674. The van der Waals surface area contributed by atoms with Gasteiger partial charge >= 0.3 is 0 Å². The number of anilines is 2. The van der Waals surface area contributed by atoms with Crippen LogP contribution in [-0.4, -0.2) is 20.1 Å². The normalized spacial score (nSPS) is 10.0. The van der Waals surface area contributed by atoms with E-state index in [1.807, 2.05) is 0 Å². The topological polar surface area (TPSA) is 73.6 Å². The number of methoxy groups -OCH3 is 2. The third-order valence-corrected chi connectivity index (χ3v) is 3.14. The number of carbonyl (C=O) groups is 1. The van der Waals surface area contributed by atoms with Gasteiger partial charge < -0.3 is 20.5 Å². The minimum absolute atomic E-state index is 0.330. The highest BCUT2D eigenvalue weighted by Crippen LogP contribution is 2.30. The lowest BCUT2D eigenvalue weighted by molar-refractivity contribution is 0.102. The molecule has 21 heavy (non-hydrogen) atoms. The van der Waals surface area contributed by atoms with Crippen LogP contribution in [0.1, 0.15) is 10.4 Å². The molecule has 3 N–H and O–H groups in total. The van der Waals surface area contributed by atoms with Gasteiger partial charge in [-0.05, 0) is 30.3 Å². The lowest BCUT2D eigenvalue weighted by Gasteiger charge is -2.13. The summed E-state index contributed by atoms with van der Waals surface area (Å²) in [7, 11) is 2.97. The van der Waals surface area contributed by atoms with E-state index in [9.17, 15) is 4.79 Å². The molecule has 2 rings (SSSR count). The van der Waals surface area contributed by atoms with E-state index in [-0.39, 0.29) is 5.91 Å². The Morgan fingerprint density at radius 3 is 2.62 bits per heavy atom. The highest BCUT2D eigenvalue weighted by molar-refractivity contribution is 6.31. The number of rotatable bonds is 4. The maximum Gasteiger partial charge on any atom is 0.259 e. The molecule has 5 nitrogen and oxygen atoms in total. The van der Waals surface area contributed by atoms with Crippen molar-refractivity contribution in [3.63, 3.8) is 0 Å². The number of amides is 1. The van der Waals surface area contributed by atoms with Gasteiger partial charge in [-0.15, -0.1) is 0 Å². The largest absolute Gasteiger partial charge is 0.495 e. The molecule has 0 saturated carbocycles. The van der Waals surface area contributed by atoms with Gasteiger partial charge in [0.15, 0.2) is 5.75 Å². The summed E-state index contributed by atoms with van der Waals surface area (Å²) in [6.07, 6.45) is 0. The fourth-order valence-electron chi connectivity index (χ4n) is 1.93. The van der Waals surface area contributed by atoms with E-state index in [4.69, 9.17) is 26.8 Å². The molecule has 0 aromatic heterocycles. The second-order valence-electron chi connectivity index (χ2n) is 4.23. The number of nitrogens with one attached hydrogen (secondary N) is 1. The summed E-state index contributed by atoms with van der Waals surface area (Å²) in [6, 6.07) is 9.93. The second kappa shape index (κ2) is 6.37. The Labute approximate surface area is 127 Å². The van der Waals surface area contributed by atoms with Crippen LogP contribution in [0.4, 0.5) is 11.4 Å². The van der Waals surface area contributed by atoms with E-state index in [0.29, 0.717) is 33.5 Å². The summed E-state index contributed by atoms with van der Waals surface area (Å²) in [5.41, 5.74) is 6.99. The number of halogens is 1. The van der Waals surface area contributed by atoms with Crippen LogP contribution >= 0.6 is 11.6 Å². The molecule has 2 aromatic rings. The molecule has 2 aromatic carbocycles. The first-order valence-electron chi connectivity index (χ1n) is 6.14. The van der Waals surface area contributed by atoms with Gasteiger partial charge in [0.25, 0.3) is 5.91 Å². The molecule has 110 valence electrons. The van der Waals surface area contributed by atoms with Crippen molar-refractivity contribution in [2.45, 2.75) is 0 Å². The van der Waals surface area contributed by atoms with Crippen LogP contribution < -0.4 is 20.5 Å². The first kappa shape index (κ1) is 15.0. The molecule has 0 spiro atoms. The lowest BCUT2D eigenvalue weighted by Crippen LogP contribution is -2.14. The Hall–Kier alpha value is -2.40. The number of para-hydroxylation sites is 1. The molecule has 0 saturated heterocycles. The zero-order valence-electron chi connectivity index (χ0n) is 11.6. The molecule has 0 aliphatic heterocycles. The Morgan fingerprint density at radius 1 is 1.19 bits per heavy atom. The predicted octanol–water partition coefficient (Wildman–Crippen LogP) is 3.19. The van der Waals surface area contributed by atoms with Gasteiger partial charge in [-0.25, -0.2) is 0 Å². The van der Waals surface area contributed by atoms with Crippen molar-refractivity contribution in [3.8, 4) is 11.5 Å². The minimum Gasteiger partial charge on any atom is -0.495 e. The highest BCUT2D eigenvalue weighted by Gasteiger charge is 2.16. The van der Waals surface area contributed by atoms with E-state index in [1.165, 1.54) is 14.2 Å². The summed E-state index contributed by atoms with van der Waals surface area (Å²) >= 11 is 5.94. The van der Waals surface area contributed by atoms with Gasteiger partial charge in [-0.2, -0.15) is 0 Å². The second-order valence-corrected chi connectivity index (χ2v) is 4.66. The number of nitrogens with two attached hydrogens (primary N) is 1. The molecule has 0 atom stereocenters. The van der Waals surface area contributed by atoms with Gasteiger partial charge in [0, 0.05) is 5.02 Å².